The maximum atomic E-state index is 12.1. The van der Waals surface area contributed by atoms with Crippen molar-refractivity contribution in [2.45, 2.75) is 20.4 Å². The zero-order chi connectivity index (χ0) is 19.7. The summed E-state index contributed by atoms with van der Waals surface area (Å²) in [6.45, 7) is 3.60. The largest absolute Gasteiger partial charge is 0.462 e. The molecule has 3 rings (SSSR count). The van der Waals surface area contributed by atoms with E-state index in [1.165, 1.54) is 0 Å². The van der Waals surface area contributed by atoms with Gasteiger partial charge >= 0.3 is 5.97 Å². The molecule has 0 saturated heterocycles. The van der Waals surface area contributed by atoms with Crippen LogP contribution in [0.4, 0.5) is 11.5 Å². The average molecular weight is 389 g/mol. The van der Waals surface area contributed by atoms with Crippen molar-refractivity contribution in [3.8, 4) is 0 Å². The molecular weight excluding hydrogens is 374 g/mol. The van der Waals surface area contributed by atoms with Crippen molar-refractivity contribution < 1.29 is 14.5 Å². The van der Waals surface area contributed by atoms with Crippen LogP contribution in [-0.2, 0) is 11.3 Å². The van der Waals surface area contributed by atoms with E-state index in [0.29, 0.717) is 20.7 Å². The number of esters is 1. The van der Waals surface area contributed by atoms with Gasteiger partial charge in [0, 0.05) is 12.1 Å². The Kier molecular flexibility index (Phi) is 4.86. The zero-order valence-corrected chi connectivity index (χ0v) is 15.3. The van der Waals surface area contributed by atoms with Crippen LogP contribution in [0.5, 0.6) is 0 Å². The lowest BCUT2D eigenvalue weighted by Gasteiger charge is -2.06. The monoisotopic (exact) mass is 389 g/mol. The number of pyridine rings is 1. The summed E-state index contributed by atoms with van der Waals surface area (Å²) in [5, 5.41) is 11.5. The number of aromatic nitrogens is 3. The number of anilines is 1. The molecule has 2 N–H and O–H groups in total. The highest BCUT2D eigenvalue weighted by molar-refractivity contribution is 7.20. The number of fused-ring (bicyclic) bond motifs is 1. The minimum atomic E-state index is -0.595. The molecule has 0 amide bonds. The number of carbonyl (C=O) groups excluding carboxylic acids is 1. The van der Waals surface area contributed by atoms with E-state index >= 15 is 0 Å². The number of rotatable bonds is 5. The molecule has 0 aliphatic rings. The van der Waals surface area contributed by atoms with Crippen LogP contribution in [0.25, 0.3) is 10.2 Å². The molecule has 3 heterocycles. The fourth-order valence-corrected chi connectivity index (χ4v) is 3.68. The molecule has 11 heteroatoms. The van der Waals surface area contributed by atoms with Gasteiger partial charge in [0.25, 0.3) is 11.2 Å². The Morgan fingerprint density at radius 2 is 2.15 bits per heavy atom. The van der Waals surface area contributed by atoms with Crippen LogP contribution >= 0.6 is 11.3 Å². The highest BCUT2D eigenvalue weighted by Gasteiger charge is 2.20. The second-order valence-electron chi connectivity index (χ2n) is 5.59. The van der Waals surface area contributed by atoms with Crippen molar-refractivity contribution in [3.05, 3.63) is 55.1 Å². The number of carbonyl (C=O) groups is 1. The number of nitro groups is 1. The van der Waals surface area contributed by atoms with E-state index < -0.39 is 16.5 Å². The summed E-state index contributed by atoms with van der Waals surface area (Å²) in [5.41, 5.74) is 6.00. The lowest BCUT2D eigenvalue weighted by molar-refractivity contribution is -0.385. The maximum Gasteiger partial charge on any atom is 0.348 e. The first-order valence-electron chi connectivity index (χ1n) is 7.89. The number of ether oxygens (including phenoxy) is 1. The van der Waals surface area contributed by atoms with Crippen molar-refractivity contribution in [1.82, 2.24) is 14.5 Å². The summed E-state index contributed by atoms with van der Waals surface area (Å²) in [5.74, 6) is -0.0918. The van der Waals surface area contributed by atoms with E-state index in [9.17, 15) is 19.7 Å². The lowest BCUT2D eigenvalue weighted by atomic mass is 10.2. The second kappa shape index (κ2) is 7.11. The van der Waals surface area contributed by atoms with Crippen molar-refractivity contribution in [1.29, 1.82) is 0 Å². The Hall–Kier alpha value is -3.34. The average Bonchev–Trinajstić information content (AvgIpc) is 2.94. The summed E-state index contributed by atoms with van der Waals surface area (Å²) in [4.78, 5) is 43.7. The van der Waals surface area contributed by atoms with Crippen molar-refractivity contribution in [2.75, 3.05) is 12.3 Å². The number of thiophene rings is 1. The first-order valence-corrected chi connectivity index (χ1v) is 8.71. The van der Waals surface area contributed by atoms with Crippen LogP contribution in [0.15, 0.2) is 23.1 Å². The van der Waals surface area contributed by atoms with Gasteiger partial charge in [0.1, 0.15) is 15.5 Å². The van der Waals surface area contributed by atoms with Gasteiger partial charge in [-0.15, -0.1) is 11.3 Å². The number of hydrogen-bond acceptors (Lipinski definition) is 9. The minimum absolute atomic E-state index is 0.0909. The third-order valence-electron chi connectivity index (χ3n) is 3.82. The summed E-state index contributed by atoms with van der Waals surface area (Å²) < 4.78 is 6.16. The molecule has 0 spiro atoms. The second-order valence-corrected chi connectivity index (χ2v) is 6.59. The smallest absolute Gasteiger partial charge is 0.348 e. The van der Waals surface area contributed by atoms with Gasteiger partial charge in [-0.05, 0) is 19.4 Å². The van der Waals surface area contributed by atoms with Crippen LogP contribution < -0.4 is 11.3 Å². The summed E-state index contributed by atoms with van der Waals surface area (Å²) in [7, 11) is 0. The standard InChI is InChI=1S/C16H15N5O5S/c1-3-26-16(23)13-8(2)12-14(17)18-10(19-15(12)27-13)7-20-6-9(21(24)25)4-5-11(20)22/h4-6H,3,7H2,1-2H3,(H2,17,18,19). The van der Waals surface area contributed by atoms with E-state index in [2.05, 4.69) is 9.97 Å². The zero-order valence-electron chi connectivity index (χ0n) is 14.5. The van der Waals surface area contributed by atoms with Gasteiger partial charge in [-0.25, -0.2) is 14.8 Å². The maximum absolute atomic E-state index is 12.1. The Labute approximate surface area is 156 Å². The van der Waals surface area contributed by atoms with Gasteiger partial charge in [-0.1, -0.05) is 0 Å². The van der Waals surface area contributed by atoms with E-state index in [-0.39, 0.29) is 30.5 Å². The first-order chi connectivity index (χ1) is 12.8. The van der Waals surface area contributed by atoms with Crippen LogP contribution in [0.2, 0.25) is 0 Å². The van der Waals surface area contributed by atoms with Crippen molar-refractivity contribution in [3.63, 3.8) is 0 Å². The molecule has 0 atom stereocenters. The molecule has 10 nitrogen and oxygen atoms in total. The van der Waals surface area contributed by atoms with Gasteiger partial charge in [-0.2, -0.15) is 0 Å². The summed E-state index contributed by atoms with van der Waals surface area (Å²) in [6, 6.07) is 2.24. The number of hydrogen-bond donors (Lipinski definition) is 1. The quantitative estimate of drug-likeness (QED) is 0.396. The fraction of sp³-hybridized carbons (Fsp3) is 0.250. The molecule has 0 unspecified atom stereocenters. The molecule has 140 valence electrons. The van der Waals surface area contributed by atoms with Crippen LogP contribution in [0, 0.1) is 17.0 Å². The van der Waals surface area contributed by atoms with Gasteiger partial charge < -0.3 is 15.0 Å². The third-order valence-corrected chi connectivity index (χ3v) is 4.98. The first kappa shape index (κ1) is 18.5. The predicted octanol–water partition coefficient (Wildman–Crippen LogP) is 1.88. The molecule has 0 bridgehead atoms. The van der Waals surface area contributed by atoms with Gasteiger partial charge in [0.15, 0.2) is 5.82 Å². The highest BCUT2D eigenvalue weighted by atomic mass is 32.1. The lowest BCUT2D eigenvalue weighted by Crippen LogP contribution is -2.20. The number of nitrogen functional groups attached to an aromatic ring is 1. The van der Waals surface area contributed by atoms with Gasteiger partial charge in [0.2, 0.25) is 0 Å². The highest BCUT2D eigenvalue weighted by Crippen LogP contribution is 2.33. The Morgan fingerprint density at radius 3 is 2.81 bits per heavy atom. The van der Waals surface area contributed by atoms with Crippen molar-refractivity contribution >= 4 is 39.0 Å². The van der Waals surface area contributed by atoms with Gasteiger partial charge in [-0.3, -0.25) is 14.9 Å². The van der Waals surface area contributed by atoms with E-state index in [4.69, 9.17) is 10.5 Å². The number of nitrogens with zero attached hydrogens (tertiary/aromatic N) is 4. The molecule has 0 saturated carbocycles. The fourth-order valence-electron chi connectivity index (χ4n) is 2.58. The summed E-state index contributed by atoms with van der Waals surface area (Å²) in [6.07, 6.45) is 1.12. The molecule has 3 aromatic heterocycles. The molecule has 3 aromatic rings. The van der Waals surface area contributed by atoms with Crippen LogP contribution in [0.3, 0.4) is 0 Å². The molecule has 0 aliphatic heterocycles. The molecule has 0 radical (unpaired) electrons. The number of aryl methyl sites for hydroxylation is 1. The topological polar surface area (TPSA) is 143 Å². The molecule has 0 aliphatic carbocycles. The van der Waals surface area contributed by atoms with Crippen LogP contribution in [0.1, 0.15) is 28.0 Å². The van der Waals surface area contributed by atoms with Crippen molar-refractivity contribution in [2.24, 2.45) is 0 Å². The number of nitrogens with two attached hydrogens (primary N) is 1. The molecular formula is C16H15N5O5S. The Bertz CT molecular complexity index is 1120. The molecule has 27 heavy (non-hydrogen) atoms. The van der Waals surface area contributed by atoms with E-state index in [1.807, 2.05) is 0 Å². The predicted molar refractivity (Wildman–Crippen MR) is 99.0 cm³/mol. The normalized spacial score (nSPS) is 10.9. The molecule has 0 aromatic carbocycles. The summed E-state index contributed by atoms with van der Waals surface area (Å²) >= 11 is 1.12. The third kappa shape index (κ3) is 3.49. The SMILES string of the molecule is CCOC(=O)c1sc2nc(Cn3cc([N+](=O)[O-])ccc3=O)nc(N)c2c1C. The molecule has 0 fully saturated rings. The Balaban J connectivity index is 2.05. The van der Waals surface area contributed by atoms with E-state index in [1.54, 1.807) is 13.8 Å². The minimum Gasteiger partial charge on any atom is -0.462 e. The van der Waals surface area contributed by atoms with E-state index in [0.717, 1.165) is 34.2 Å². The van der Waals surface area contributed by atoms with Crippen LogP contribution in [-0.4, -0.2) is 32.0 Å². The van der Waals surface area contributed by atoms with Gasteiger partial charge in [0.05, 0.1) is 29.7 Å². The Morgan fingerprint density at radius 1 is 1.41 bits per heavy atom.